The smallest absolute Gasteiger partial charge is 0.231 e. The Balaban J connectivity index is 1.42. The summed E-state index contributed by atoms with van der Waals surface area (Å²) in [4.78, 5) is 9.55. The Morgan fingerprint density at radius 3 is 2.48 bits per heavy atom. The fraction of sp³-hybridized carbons (Fsp3) is 0.455. The van der Waals surface area contributed by atoms with Gasteiger partial charge in [-0.05, 0) is 31.7 Å². The molecule has 166 valence electrons. The van der Waals surface area contributed by atoms with Gasteiger partial charge in [-0.15, -0.1) is 5.10 Å². The average molecular weight is 444 g/mol. The molecule has 0 unspecified atom stereocenters. The van der Waals surface area contributed by atoms with E-state index in [0.717, 1.165) is 50.4 Å². The lowest BCUT2D eigenvalue weighted by atomic mass is 10.2. The zero-order valence-corrected chi connectivity index (χ0v) is 18.9. The quantitative estimate of drug-likeness (QED) is 0.494. The van der Waals surface area contributed by atoms with Gasteiger partial charge in [0.05, 0.1) is 29.1 Å². The number of hydrogen-bond acceptors (Lipinski definition) is 7. The van der Waals surface area contributed by atoms with Crippen molar-refractivity contribution in [2.75, 3.05) is 52.1 Å². The first-order valence-electron chi connectivity index (χ1n) is 10.7. The number of aromatic nitrogens is 3. The molecular weight excluding hydrogens is 414 g/mol. The first kappa shape index (κ1) is 21.7. The van der Waals surface area contributed by atoms with Crippen LogP contribution in [0.5, 0.6) is 5.88 Å². The molecule has 0 amide bonds. The van der Waals surface area contributed by atoms with E-state index in [1.807, 2.05) is 12.1 Å². The van der Waals surface area contributed by atoms with E-state index in [4.69, 9.17) is 4.74 Å². The lowest BCUT2D eigenvalue weighted by Crippen LogP contribution is -2.44. The number of imidazole rings is 1. The molecule has 31 heavy (non-hydrogen) atoms. The highest BCUT2D eigenvalue weighted by Crippen LogP contribution is 2.23. The molecule has 0 radical (unpaired) electrons. The average Bonchev–Trinajstić information content (AvgIpc) is 3.21. The maximum atomic E-state index is 12.0. The molecule has 1 aromatic carbocycles. The fourth-order valence-corrected chi connectivity index (χ4v) is 4.55. The standard InChI is InChI=1S/C22H29N5O3S/c1-3-31(28,29)19-7-5-18(6-8-19)20-17-23-21-9-10-22(24-27(20)21)30-16-4-11-26-14-12-25(2)13-15-26/h5-10,17H,3-4,11-16H2,1-2H3. The molecule has 2 aromatic heterocycles. The molecule has 0 spiro atoms. The summed E-state index contributed by atoms with van der Waals surface area (Å²) in [7, 11) is -1.06. The Morgan fingerprint density at radius 1 is 1.03 bits per heavy atom. The van der Waals surface area contributed by atoms with Crippen LogP contribution in [0.2, 0.25) is 0 Å². The van der Waals surface area contributed by atoms with E-state index in [1.54, 1.807) is 41.9 Å². The molecule has 0 atom stereocenters. The summed E-state index contributed by atoms with van der Waals surface area (Å²) in [6.45, 7) is 7.73. The van der Waals surface area contributed by atoms with Gasteiger partial charge in [-0.25, -0.2) is 17.9 Å². The maximum Gasteiger partial charge on any atom is 0.231 e. The molecule has 1 saturated heterocycles. The van der Waals surface area contributed by atoms with Crippen LogP contribution in [0.4, 0.5) is 0 Å². The minimum absolute atomic E-state index is 0.0824. The second kappa shape index (κ2) is 9.33. The van der Waals surface area contributed by atoms with E-state index < -0.39 is 9.84 Å². The molecule has 9 heteroatoms. The molecule has 3 aromatic rings. The van der Waals surface area contributed by atoms with Gasteiger partial charge < -0.3 is 14.5 Å². The number of hydrogen-bond donors (Lipinski definition) is 0. The molecule has 1 fully saturated rings. The zero-order valence-electron chi connectivity index (χ0n) is 18.1. The number of ether oxygens (including phenoxy) is 1. The topological polar surface area (TPSA) is 80.0 Å². The van der Waals surface area contributed by atoms with Crippen molar-refractivity contribution in [1.82, 2.24) is 24.4 Å². The number of sulfone groups is 1. The van der Waals surface area contributed by atoms with Gasteiger partial charge in [0, 0.05) is 44.4 Å². The van der Waals surface area contributed by atoms with Crippen molar-refractivity contribution >= 4 is 15.5 Å². The van der Waals surface area contributed by atoms with Gasteiger partial charge in [0.2, 0.25) is 5.88 Å². The fourth-order valence-electron chi connectivity index (χ4n) is 3.67. The number of piperazine rings is 1. The lowest BCUT2D eigenvalue weighted by Gasteiger charge is -2.32. The number of nitrogens with zero attached hydrogens (tertiary/aromatic N) is 5. The Morgan fingerprint density at radius 2 is 1.77 bits per heavy atom. The molecule has 4 rings (SSSR count). The van der Waals surface area contributed by atoms with Crippen molar-refractivity contribution < 1.29 is 13.2 Å². The molecule has 8 nitrogen and oxygen atoms in total. The summed E-state index contributed by atoms with van der Waals surface area (Å²) in [6.07, 6.45) is 2.69. The highest BCUT2D eigenvalue weighted by Gasteiger charge is 2.14. The third-order valence-electron chi connectivity index (χ3n) is 5.69. The summed E-state index contributed by atoms with van der Waals surface area (Å²) in [6, 6.07) is 10.5. The number of benzene rings is 1. The van der Waals surface area contributed by atoms with Crippen LogP contribution in [0, 0.1) is 0 Å². The zero-order chi connectivity index (χ0) is 21.8. The molecule has 3 heterocycles. The van der Waals surface area contributed by atoms with Gasteiger partial charge in [0.1, 0.15) is 0 Å². The van der Waals surface area contributed by atoms with Crippen molar-refractivity contribution in [3.05, 3.63) is 42.6 Å². The minimum atomic E-state index is -3.22. The predicted molar refractivity (Wildman–Crippen MR) is 120 cm³/mol. The third-order valence-corrected chi connectivity index (χ3v) is 7.44. The molecule has 1 aliphatic rings. The first-order valence-corrected chi connectivity index (χ1v) is 12.3. The molecule has 1 aliphatic heterocycles. The number of fused-ring (bicyclic) bond motifs is 1. The lowest BCUT2D eigenvalue weighted by molar-refractivity contribution is 0.145. The Labute approximate surface area is 183 Å². The Hall–Kier alpha value is -2.49. The number of rotatable bonds is 8. The van der Waals surface area contributed by atoms with Gasteiger partial charge >= 0.3 is 0 Å². The van der Waals surface area contributed by atoms with Crippen LogP contribution in [-0.4, -0.2) is 84.9 Å². The summed E-state index contributed by atoms with van der Waals surface area (Å²) in [5, 5.41) is 4.59. The predicted octanol–water partition coefficient (Wildman–Crippen LogP) is 2.21. The van der Waals surface area contributed by atoms with Crippen molar-refractivity contribution in [2.45, 2.75) is 18.2 Å². The van der Waals surface area contributed by atoms with Crippen LogP contribution in [0.25, 0.3) is 16.9 Å². The van der Waals surface area contributed by atoms with E-state index in [2.05, 4.69) is 26.9 Å². The summed E-state index contributed by atoms with van der Waals surface area (Å²) < 4.78 is 31.7. The van der Waals surface area contributed by atoms with E-state index >= 15 is 0 Å². The van der Waals surface area contributed by atoms with Crippen molar-refractivity contribution in [3.8, 4) is 17.1 Å². The normalized spacial score (nSPS) is 16.1. The largest absolute Gasteiger partial charge is 0.477 e. The highest BCUT2D eigenvalue weighted by molar-refractivity contribution is 7.91. The summed E-state index contributed by atoms with van der Waals surface area (Å²) >= 11 is 0. The van der Waals surface area contributed by atoms with E-state index in [9.17, 15) is 8.42 Å². The summed E-state index contributed by atoms with van der Waals surface area (Å²) in [5.41, 5.74) is 2.35. The molecule has 0 bridgehead atoms. The SMILES string of the molecule is CCS(=O)(=O)c1ccc(-c2cnc3ccc(OCCCN4CCN(C)CC4)nn23)cc1. The molecular formula is C22H29N5O3S. The van der Waals surface area contributed by atoms with Crippen LogP contribution in [0.1, 0.15) is 13.3 Å². The van der Waals surface area contributed by atoms with Gasteiger partial charge in [-0.1, -0.05) is 19.1 Å². The number of likely N-dealkylation sites (N-methyl/N-ethyl adjacent to an activating group) is 1. The highest BCUT2D eigenvalue weighted by atomic mass is 32.2. The van der Waals surface area contributed by atoms with Gasteiger partial charge in [-0.3, -0.25) is 0 Å². The third kappa shape index (κ3) is 5.06. The maximum absolute atomic E-state index is 12.0. The molecule has 0 saturated carbocycles. The Bertz CT molecular complexity index is 1120. The van der Waals surface area contributed by atoms with E-state index in [-0.39, 0.29) is 5.75 Å². The van der Waals surface area contributed by atoms with Crippen LogP contribution in [0.15, 0.2) is 47.5 Å². The minimum Gasteiger partial charge on any atom is -0.477 e. The first-order chi connectivity index (χ1) is 15.0. The van der Waals surface area contributed by atoms with Crippen LogP contribution in [-0.2, 0) is 9.84 Å². The van der Waals surface area contributed by atoms with E-state index in [0.29, 0.717) is 23.0 Å². The van der Waals surface area contributed by atoms with E-state index in [1.165, 1.54) is 0 Å². The van der Waals surface area contributed by atoms with Crippen molar-refractivity contribution in [2.24, 2.45) is 0 Å². The Kier molecular flexibility index (Phi) is 6.54. The second-order valence-corrected chi connectivity index (χ2v) is 10.1. The monoisotopic (exact) mass is 443 g/mol. The van der Waals surface area contributed by atoms with Gasteiger partial charge in [-0.2, -0.15) is 0 Å². The molecule has 0 N–H and O–H groups in total. The second-order valence-electron chi connectivity index (χ2n) is 7.86. The van der Waals surface area contributed by atoms with Crippen molar-refractivity contribution in [3.63, 3.8) is 0 Å². The summed E-state index contributed by atoms with van der Waals surface area (Å²) in [5.74, 6) is 0.634. The van der Waals surface area contributed by atoms with Gasteiger partial charge in [0.15, 0.2) is 15.5 Å². The van der Waals surface area contributed by atoms with Crippen LogP contribution in [0.3, 0.4) is 0 Å². The van der Waals surface area contributed by atoms with Crippen LogP contribution < -0.4 is 4.74 Å². The van der Waals surface area contributed by atoms with Gasteiger partial charge in [0.25, 0.3) is 0 Å². The van der Waals surface area contributed by atoms with Crippen molar-refractivity contribution in [1.29, 1.82) is 0 Å². The van der Waals surface area contributed by atoms with Crippen LogP contribution >= 0.6 is 0 Å². The molecule has 0 aliphatic carbocycles.